The van der Waals surface area contributed by atoms with Crippen LogP contribution in [0.2, 0.25) is 0 Å². The van der Waals surface area contributed by atoms with Gasteiger partial charge in [-0.25, -0.2) is 9.18 Å². The average molecular weight is 281 g/mol. The molecule has 0 spiro atoms. The Kier molecular flexibility index (Phi) is 3.69. The van der Waals surface area contributed by atoms with Crippen molar-refractivity contribution in [2.75, 3.05) is 6.54 Å². The summed E-state index contributed by atoms with van der Waals surface area (Å²) in [5, 5.41) is 18.2. The molecule has 0 saturated carbocycles. The molecule has 1 heterocycles. The van der Waals surface area contributed by atoms with Gasteiger partial charge in [0.1, 0.15) is 5.82 Å². The summed E-state index contributed by atoms with van der Waals surface area (Å²) in [6.45, 7) is -0.164. The second kappa shape index (κ2) is 5.28. The molecule has 20 heavy (non-hydrogen) atoms. The highest BCUT2D eigenvalue weighted by atomic mass is 19.1. The summed E-state index contributed by atoms with van der Waals surface area (Å²) >= 11 is 0. The molecule has 1 aromatic carbocycles. The van der Waals surface area contributed by atoms with Crippen molar-refractivity contribution in [3.05, 3.63) is 35.6 Å². The topological polar surface area (TPSA) is 94.9 Å². The van der Waals surface area contributed by atoms with E-state index in [-0.39, 0.29) is 18.5 Å². The Hall–Kier alpha value is -2.44. The molecule has 2 rings (SSSR count). The zero-order chi connectivity index (χ0) is 14.9. The summed E-state index contributed by atoms with van der Waals surface area (Å²) in [6.07, 6.45) is -0.222. The van der Waals surface area contributed by atoms with Crippen molar-refractivity contribution >= 4 is 17.8 Å². The van der Waals surface area contributed by atoms with Crippen LogP contribution >= 0.6 is 0 Å². The smallest absolute Gasteiger partial charge is 0.331 e. The van der Waals surface area contributed by atoms with Crippen molar-refractivity contribution < 1.29 is 29.0 Å². The molecule has 6 nitrogen and oxygen atoms in total. The molecule has 0 radical (unpaired) electrons. The predicted molar refractivity (Wildman–Crippen MR) is 64.2 cm³/mol. The van der Waals surface area contributed by atoms with E-state index in [2.05, 4.69) is 0 Å². The van der Waals surface area contributed by atoms with E-state index in [1.54, 1.807) is 0 Å². The number of amides is 1. The van der Waals surface area contributed by atoms with Gasteiger partial charge in [0.05, 0.1) is 5.92 Å². The molecule has 1 fully saturated rings. The summed E-state index contributed by atoms with van der Waals surface area (Å²) < 4.78 is 12.9. The van der Waals surface area contributed by atoms with Crippen LogP contribution in [0.3, 0.4) is 0 Å². The van der Waals surface area contributed by atoms with Crippen LogP contribution in [0, 0.1) is 11.7 Å². The molecule has 1 aliphatic rings. The van der Waals surface area contributed by atoms with Gasteiger partial charge in [-0.15, -0.1) is 0 Å². The molecule has 0 bridgehead atoms. The Morgan fingerprint density at radius 2 is 1.85 bits per heavy atom. The van der Waals surface area contributed by atoms with E-state index in [1.165, 1.54) is 12.1 Å². The molecule has 0 aliphatic carbocycles. The zero-order valence-electron chi connectivity index (χ0n) is 10.3. The highest BCUT2D eigenvalue weighted by molar-refractivity contribution is 5.90. The molecule has 1 aromatic rings. The molecule has 1 unspecified atom stereocenters. The molecule has 2 atom stereocenters. The first-order chi connectivity index (χ1) is 9.40. The fourth-order valence-corrected chi connectivity index (χ4v) is 2.25. The number of carboxylic acid groups (broad SMARTS) is 2. The van der Waals surface area contributed by atoms with Crippen molar-refractivity contribution in [3.63, 3.8) is 0 Å². The number of hydrogen-bond donors (Lipinski definition) is 2. The first-order valence-corrected chi connectivity index (χ1v) is 5.90. The Bertz CT molecular complexity index is 556. The summed E-state index contributed by atoms with van der Waals surface area (Å²) in [7, 11) is 0. The molecular formula is C13H12FNO5. The second-order valence-corrected chi connectivity index (χ2v) is 4.58. The summed E-state index contributed by atoms with van der Waals surface area (Å²) in [4.78, 5) is 35.1. The van der Waals surface area contributed by atoms with E-state index in [9.17, 15) is 23.9 Å². The van der Waals surface area contributed by atoms with Crippen LogP contribution in [0.1, 0.15) is 18.0 Å². The lowest BCUT2D eigenvalue weighted by molar-refractivity contribution is -0.149. The van der Waals surface area contributed by atoms with Crippen LogP contribution in [0.15, 0.2) is 24.3 Å². The van der Waals surface area contributed by atoms with Gasteiger partial charge in [-0.1, -0.05) is 12.1 Å². The van der Waals surface area contributed by atoms with Gasteiger partial charge in [0.25, 0.3) is 0 Å². The maximum atomic E-state index is 12.9. The summed E-state index contributed by atoms with van der Waals surface area (Å²) in [6, 6.07) is 3.44. The van der Waals surface area contributed by atoms with Gasteiger partial charge in [0, 0.05) is 13.0 Å². The fraction of sp³-hybridized carbons (Fsp3) is 0.308. The third-order valence-electron chi connectivity index (χ3n) is 3.24. The molecule has 1 amide bonds. The first kappa shape index (κ1) is 14.0. The molecule has 2 N–H and O–H groups in total. The number of halogens is 1. The predicted octanol–water partition coefficient (Wildman–Crippen LogP) is 0.884. The van der Waals surface area contributed by atoms with Crippen LogP contribution in [-0.4, -0.2) is 39.5 Å². The van der Waals surface area contributed by atoms with Gasteiger partial charge >= 0.3 is 11.9 Å². The number of carbonyl (C=O) groups excluding carboxylic acids is 1. The standard InChI is InChI=1S/C13H12FNO5/c14-9-3-1-7(2-4-9)11(13(19)20)15-6-8(12(17)18)5-10(15)16/h1-4,8,11H,5-6H2,(H,17,18)(H,19,20)/t8?,11-/m0/s1. The SMILES string of the molecule is O=C(O)C1CC(=O)N([C@H](C(=O)O)c2ccc(F)cc2)C1. The van der Waals surface area contributed by atoms with Crippen molar-refractivity contribution in [1.82, 2.24) is 4.90 Å². The van der Waals surface area contributed by atoms with E-state index in [4.69, 9.17) is 5.11 Å². The van der Waals surface area contributed by atoms with Crippen molar-refractivity contribution in [3.8, 4) is 0 Å². The van der Waals surface area contributed by atoms with E-state index < -0.39 is 35.6 Å². The van der Waals surface area contributed by atoms with E-state index >= 15 is 0 Å². The van der Waals surface area contributed by atoms with Crippen LogP contribution in [0.25, 0.3) is 0 Å². The van der Waals surface area contributed by atoms with Gasteiger partial charge in [0.15, 0.2) is 6.04 Å². The molecule has 106 valence electrons. The van der Waals surface area contributed by atoms with Gasteiger partial charge in [-0.3, -0.25) is 9.59 Å². The fourth-order valence-electron chi connectivity index (χ4n) is 2.25. The third-order valence-corrected chi connectivity index (χ3v) is 3.24. The quantitative estimate of drug-likeness (QED) is 0.854. The maximum absolute atomic E-state index is 12.9. The highest BCUT2D eigenvalue weighted by Gasteiger charge is 2.41. The van der Waals surface area contributed by atoms with Gasteiger partial charge < -0.3 is 15.1 Å². The second-order valence-electron chi connectivity index (χ2n) is 4.58. The number of rotatable bonds is 4. The molecule has 0 aromatic heterocycles. The first-order valence-electron chi connectivity index (χ1n) is 5.90. The van der Waals surface area contributed by atoms with Gasteiger partial charge in [0.2, 0.25) is 5.91 Å². The summed E-state index contributed by atoms with van der Waals surface area (Å²) in [5.41, 5.74) is 0.235. The number of hydrogen-bond acceptors (Lipinski definition) is 3. The van der Waals surface area contributed by atoms with Crippen molar-refractivity contribution in [2.45, 2.75) is 12.5 Å². The number of carbonyl (C=O) groups is 3. The lowest BCUT2D eigenvalue weighted by Gasteiger charge is -2.24. The monoisotopic (exact) mass is 281 g/mol. The lowest BCUT2D eigenvalue weighted by Crippen LogP contribution is -2.35. The largest absolute Gasteiger partial charge is 0.481 e. The van der Waals surface area contributed by atoms with Crippen LogP contribution in [-0.2, 0) is 14.4 Å². The third kappa shape index (κ3) is 2.61. The minimum Gasteiger partial charge on any atom is -0.481 e. The number of benzene rings is 1. The average Bonchev–Trinajstić information content (AvgIpc) is 2.74. The molecular weight excluding hydrogens is 269 g/mol. The Morgan fingerprint density at radius 1 is 1.25 bits per heavy atom. The van der Waals surface area contributed by atoms with E-state index in [1.807, 2.05) is 0 Å². The Balaban J connectivity index is 2.30. The maximum Gasteiger partial charge on any atom is 0.331 e. The number of carboxylic acids is 2. The lowest BCUT2D eigenvalue weighted by atomic mass is 10.1. The van der Waals surface area contributed by atoms with Crippen LogP contribution < -0.4 is 0 Å². The molecule has 1 saturated heterocycles. The number of nitrogens with zero attached hydrogens (tertiary/aromatic N) is 1. The van der Waals surface area contributed by atoms with Gasteiger partial charge in [-0.2, -0.15) is 0 Å². The number of aliphatic carboxylic acids is 2. The number of likely N-dealkylation sites (tertiary alicyclic amines) is 1. The van der Waals surface area contributed by atoms with E-state index in [0.29, 0.717) is 0 Å². The normalized spacial score (nSPS) is 19.9. The van der Waals surface area contributed by atoms with Crippen LogP contribution in [0.5, 0.6) is 0 Å². The zero-order valence-corrected chi connectivity index (χ0v) is 10.3. The Morgan fingerprint density at radius 3 is 2.30 bits per heavy atom. The van der Waals surface area contributed by atoms with Crippen LogP contribution in [0.4, 0.5) is 4.39 Å². The van der Waals surface area contributed by atoms with Crippen molar-refractivity contribution in [2.24, 2.45) is 5.92 Å². The van der Waals surface area contributed by atoms with Crippen molar-refractivity contribution in [1.29, 1.82) is 0 Å². The minimum atomic E-state index is -1.30. The van der Waals surface area contributed by atoms with E-state index in [0.717, 1.165) is 17.0 Å². The summed E-state index contributed by atoms with van der Waals surface area (Å²) in [5.74, 6) is -4.38. The minimum absolute atomic E-state index is 0.164. The Labute approximate surface area is 113 Å². The highest BCUT2D eigenvalue weighted by Crippen LogP contribution is 2.29. The molecule has 7 heteroatoms. The molecule has 1 aliphatic heterocycles. The van der Waals surface area contributed by atoms with Gasteiger partial charge in [-0.05, 0) is 17.7 Å².